The van der Waals surface area contributed by atoms with Crippen LogP contribution >= 0.6 is 0 Å². The van der Waals surface area contributed by atoms with Gasteiger partial charge in [-0.25, -0.2) is 0 Å². The first kappa shape index (κ1) is 15.3. The van der Waals surface area contributed by atoms with Crippen molar-refractivity contribution < 1.29 is 14.9 Å². The molecule has 1 aromatic rings. The third-order valence-electron chi connectivity index (χ3n) is 3.82. The van der Waals surface area contributed by atoms with Gasteiger partial charge in [-0.1, -0.05) is 26.0 Å². The number of aliphatic hydroxyl groups is 2. The van der Waals surface area contributed by atoms with Gasteiger partial charge in [-0.15, -0.1) is 0 Å². The number of benzene rings is 1. The molecule has 4 nitrogen and oxygen atoms in total. The van der Waals surface area contributed by atoms with Crippen LogP contribution in [0.2, 0.25) is 0 Å². The van der Waals surface area contributed by atoms with Crippen molar-refractivity contribution in [3.05, 3.63) is 29.8 Å². The van der Waals surface area contributed by atoms with Crippen molar-refractivity contribution in [3.63, 3.8) is 0 Å². The Kier molecular flexibility index (Phi) is 5.02. The number of hydrogen-bond donors (Lipinski definition) is 3. The van der Waals surface area contributed by atoms with Gasteiger partial charge in [0.1, 0.15) is 12.4 Å². The van der Waals surface area contributed by atoms with Crippen LogP contribution in [-0.4, -0.2) is 35.0 Å². The molecule has 1 aliphatic rings. The van der Waals surface area contributed by atoms with E-state index in [0.717, 1.165) is 24.2 Å². The number of nitrogens with one attached hydrogen (secondary N) is 1. The summed E-state index contributed by atoms with van der Waals surface area (Å²) in [6.45, 7) is 4.76. The molecule has 1 atom stereocenters. The van der Waals surface area contributed by atoms with Crippen LogP contribution in [0.4, 0.5) is 0 Å². The first-order chi connectivity index (χ1) is 9.59. The van der Waals surface area contributed by atoms with Crippen LogP contribution in [0, 0.1) is 5.92 Å². The number of hydrogen-bond acceptors (Lipinski definition) is 4. The van der Waals surface area contributed by atoms with Crippen molar-refractivity contribution in [1.82, 2.24) is 5.32 Å². The summed E-state index contributed by atoms with van der Waals surface area (Å²) < 4.78 is 5.86. The summed E-state index contributed by atoms with van der Waals surface area (Å²) in [7, 11) is 0. The zero-order chi connectivity index (χ0) is 14.6. The number of aliphatic hydroxyl groups excluding tert-OH is 2. The molecule has 1 aromatic carbocycles. The quantitative estimate of drug-likeness (QED) is 0.678. The second-order valence-corrected chi connectivity index (χ2v) is 5.98. The van der Waals surface area contributed by atoms with Crippen LogP contribution in [0.5, 0.6) is 5.75 Å². The van der Waals surface area contributed by atoms with Gasteiger partial charge in [-0.3, -0.25) is 0 Å². The average Bonchev–Trinajstić information content (AvgIpc) is 3.28. The molecule has 0 aliphatic heterocycles. The monoisotopic (exact) mass is 279 g/mol. The average molecular weight is 279 g/mol. The van der Waals surface area contributed by atoms with E-state index in [9.17, 15) is 5.11 Å². The maximum atomic E-state index is 9.82. The Hall–Kier alpha value is -1.10. The van der Waals surface area contributed by atoms with Crippen LogP contribution in [0.25, 0.3) is 0 Å². The molecule has 2 rings (SSSR count). The minimum Gasteiger partial charge on any atom is -0.492 e. The fourth-order valence-corrected chi connectivity index (χ4v) is 2.61. The lowest BCUT2D eigenvalue weighted by molar-refractivity contribution is 0.0778. The first-order valence-corrected chi connectivity index (χ1v) is 7.31. The zero-order valence-corrected chi connectivity index (χ0v) is 12.3. The third kappa shape index (κ3) is 3.72. The molecular weight excluding hydrogens is 254 g/mol. The lowest BCUT2D eigenvalue weighted by atomic mass is 9.94. The highest BCUT2D eigenvalue weighted by atomic mass is 16.5. The highest BCUT2D eigenvalue weighted by molar-refractivity contribution is 5.27. The Morgan fingerprint density at radius 2 is 1.90 bits per heavy atom. The lowest BCUT2D eigenvalue weighted by Crippen LogP contribution is -2.57. The van der Waals surface area contributed by atoms with Crippen molar-refractivity contribution in [2.75, 3.05) is 13.2 Å². The largest absolute Gasteiger partial charge is 0.492 e. The third-order valence-corrected chi connectivity index (χ3v) is 3.82. The molecule has 0 bridgehead atoms. The normalized spacial score (nSPS) is 18.1. The van der Waals surface area contributed by atoms with Gasteiger partial charge in [0.2, 0.25) is 0 Å². The van der Waals surface area contributed by atoms with Crippen LogP contribution in [0.1, 0.15) is 32.3 Å². The van der Waals surface area contributed by atoms with E-state index in [-0.39, 0.29) is 18.8 Å². The van der Waals surface area contributed by atoms with Gasteiger partial charge >= 0.3 is 0 Å². The molecule has 0 saturated heterocycles. The Bertz CT molecular complexity index is 414. The van der Waals surface area contributed by atoms with E-state index in [1.807, 2.05) is 24.3 Å². The predicted molar refractivity (Wildman–Crippen MR) is 78.7 cm³/mol. The predicted octanol–water partition coefficient (Wildman–Crippen LogP) is 1.70. The zero-order valence-electron chi connectivity index (χ0n) is 12.3. The molecular formula is C16H25NO3. The summed E-state index contributed by atoms with van der Waals surface area (Å²) in [6, 6.07) is 7.72. The van der Waals surface area contributed by atoms with Gasteiger partial charge in [-0.2, -0.15) is 0 Å². The maximum Gasteiger partial charge on any atom is 0.119 e. The summed E-state index contributed by atoms with van der Waals surface area (Å²) in [4.78, 5) is 0. The highest BCUT2D eigenvalue weighted by Crippen LogP contribution is 2.40. The highest BCUT2D eigenvalue weighted by Gasteiger charge is 2.45. The van der Waals surface area contributed by atoms with Crippen molar-refractivity contribution in [2.24, 2.45) is 5.92 Å². The lowest BCUT2D eigenvalue weighted by Gasteiger charge is -2.35. The molecule has 112 valence electrons. The van der Waals surface area contributed by atoms with Gasteiger partial charge < -0.3 is 20.3 Å². The van der Waals surface area contributed by atoms with E-state index >= 15 is 0 Å². The van der Waals surface area contributed by atoms with E-state index in [1.165, 1.54) is 0 Å². The van der Waals surface area contributed by atoms with E-state index in [1.54, 1.807) is 0 Å². The molecule has 4 heteroatoms. The topological polar surface area (TPSA) is 61.7 Å². The summed E-state index contributed by atoms with van der Waals surface area (Å²) >= 11 is 0. The van der Waals surface area contributed by atoms with E-state index in [0.29, 0.717) is 18.6 Å². The van der Waals surface area contributed by atoms with Gasteiger partial charge in [0.15, 0.2) is 0 Å². The fraction of sp³-hybridized carbons (Fsp3) is 0.625. The molecule has 1 unspecified atom stereocenters. The van der Waals surface area contributed by atoms with E-state index in [4.69, 9.17) is 9.84 Å². The van der Waals surface area contributed by atoms with Crippen molar-refractivity contribution in [2.45, 2.75) is 44.9 Å². The van der Waals surface area contributed by atoms with Crippen LogP contribution in [0.3, 0.4) is 0 Å². The summed E-state index contributed by atoms with van der Waals surface area (Å²) in [6.07, 6.45) is 2.29. The maximum absolute atomic E-state index is 9.82. The summed E-state index contributed by atoms with van der Waals surface area (Å²) in [5.41, 5.74) is 0.525. The molecule has 0 amide bonds. The van der Waals surface area contributed by atoms with E-state index < -0.39 is 0 Å². The molecule has 1 aliphatic carbocycles. The fourth-order valence-electron chi connectivity index (χ4n) is 2.61. The Morgan fingerprint density at radius 1 is 1.25 bits per heavy atom. The Balaban J connectivity index is 2.00. The molecule has 20 heavy (non-hydrogen) atoms. The second kappa shape index (κ2) is 6.57. The minimum atomic E-state index is -0.343. The van der Waals surface area contributed by atoms with Crippen LogP contribution in [-0.2, 0) is 6.61 Å². The molecule has 1 fully saturated rings. The summed E-state index contributed by atoms with van der Waals surface area (Å²) in [5, 5.41) is 22.3. The minimum absolute atomic E-state index is 0.0395. The van der Waals surface area contributed by atoms with Gasteiger partial charge in [0.25, 0.3) is 0 Å². The molecule has 1 saturated carbocycles. The molecule has 3 N–H and O–H groups in total. The van der Waals surface area contributed by atoms with Crippen LogP contribution < -0.4 is 10.1 Å². The SMILES string of the molecule is CC(C)NC(CO)(COc1ccc(CO)cc1)C1CC1. The van der Waals surface area contributed by atoms with Crippen molar-refractivity contribution >= 4 is 0 Å². The van der Waals surface area contributed by atoms with Gasteiger partial charge in [0, 0.05) is 6.04 Å². The number of rotatable bonds is 8. The summed E-state index contributed by atoms with van der Waals surface area (Å²) in [5.74, 6) is 1.26. The second-order valence-electron chi connectivity index (χ2n) is 5.98. The molecule has 0 aromatic heterocycles. The molecule has 0 spiro atoms. The first-order valence-electron chi connectivity index (χ1n) is 7.31. The van der Waals surface area contributed by atoms with Crippen LogP contribution in [0.15, 0.2) is 24.3 Å². The Morgan fingerprint density at radius 3 is 2.35 bits per heavy atom. The van der Waals surface area contributed by atoms with E-state index in [2.05, 4.69) is 19.2 Å². The van der Waals surface area contributed by atoms with Gasteiger partial charge in [-0.05, 0) is 36.5 Å². The number of ether oxygens (including phenoxy) is 1. The van der Waals surface area contributed by atoms with Crippen molar-refractivity contribution in [3.8, 4) is 5.75 Å². The molecule has 0 radical (unpaired) electrons. The Labute approximate surface area is 120 Å². The smallest absolute Gasteiger partial charge is 0.119 e. The molecule has 0 heterocycles. The van der Waals surface area contributed by atoms with Crippen molar-refractivity contribution in [1.29, 1.82) is 0 Å². The standard InChI is InChI=1S/C16H25NO3/c1-12(2)17-16(10-19,14-5-6-14)11-20-15-7-3-13(9-18)4-8-15/h3-4,7-8,12,14,17-19H,5-6,9-11H2,1-2H3. The van der Waals surface area contributed by atoms with Gasteiger partial charge in [0.05, 0.1) is 18.8 Å².